The van der Waals surface area contributed by atoms with E-state index in [0.29, 0.717) is 19.1 Å². The van der Waals surface area contributed by atoms with E-state index in [2.05, 4.69) is 38.7 Å². The second-order valence-corrected chi connectivity index (χ2v) is 11.4. The molecule has 34 heavy (non-hydrogen) atoms. The van der Waals surface area contributed by atoms with Crippen LogP contribution in [0.4, 0.5) is 17.1 Å². The molecular weight excluding hydrogens is 452 g/mol. The molecule has 8 nitrogen and oxygen atoms in total. The van der Waals surface area contributed by atoms with Crippen molar-refractivity contribution in [3.63, 3.8) is 0 Å². The van der Waals surface area contributed by atoms with Crippen LogP contribution in [0.25, 0.3) is 22.2 Å². The fourth-order valence-corrected chi connectivity index (χ4v) is 5.85. The maximum Gasteiger partial charge on any atom is 0.221 e. The summed E-state index contributed by atoms with van der Waals surface area (Å²) in [6, 6.07) is 14.5. The Morgan fingerprint density at radius 1 is 1.06 bits per heavy atom. The molecular formula is C25H30N4O4S. The first-order chi connectivity index (χ1) is 16.4. The number of ether oxygens (including phenoxy) is 1. The Morgan fingerprint density at radius 3 is 2.44 bits per heavy atom. The van der Waals surface area contributed by atoms with E-state index in [1.54, 1.807) is 0 Å². The standard InChI is InChI=1S/C25H30N4O4S/c1-17(30)26-20-4-2-18(3-5-20)23-15-19-14-22(29-8-12-34(31,32)13-9-29)16-24(25(19)28-23)27-21-6-10-33-11-7-21/h2-5,14-16,21,27-28H,6-13H2,1H3,(H,26,30). The van der Waals surface area contributed by atoms with Crippen LogP contribution in [-0.2, 0) is 19.4 Å². The summed E-state index contributed by atoms with van der Waals surface area (Å²) in [4.78, 5) is 17.1. The highest BCUT2D eigenvalue weighted by Crippen LogP contribution is 2.35. The Bertz CT molecular complexity index is 1280. The second kappa shape index (κ2) is 9.31. The number of fused-ring (bicyclic) bond motifs is 1. The van der Waals surface area contributed by atoms with E-state index in [-0.39, 0.29) is 17.4 Å². The van der Waals surface area contributed by atoms with Gasteiger partial charge < -0.3 is 25.3 Å². The molecule has 2 aliphatic heterocycles. The highest BCUT2D eigenvalue weighted by molar-refractivity contribution is 7.91. The monoisotopic (exact) mass is 482 g/mol. The summed E-state index contributed by atoms with van der Waals surface area (Å²) in [7, 11) is -2.95. The highest BCUT2D eigenvalue weighted by atomic mass is 32.2. The highest BCUT2D eigenvalue weighted by Gasteiger charge is 2.23. The van der Waals surface area contributed by atoms with Crippen LogP contribution in [0.5, 0.6) is 0 Å². The van der Waals surface area contributed by atoms with Crippen LogP contribution < -0.4 is 15.5 Å². The first-order valence-electron chi connectivity index (χ1n) is 11.7. The minimum atomic E-state index is -2.95. The first kappa shape index (κ1) is 22.7. The molecule has 0 spiro atoms. The first-order valence-corrected chi connectivity index (χ1v) is 13.5. The number of hydrogen-bond acceptors (Lipinski definition) is 6. The van der Waals surface area contributed by atoms with Crippen molar-refractivity contribution < 1.29 is 17.9 Å². The quantitative estimate of drug-likeness (QED) is 0.513. The molecule has 2 saturated heterocycles. The van der Waals surface area contributed by atoms with E-state index in [0.717, 1.165) is 65.3 Å². The SMILES string of the molecule is CC(=O)Nc1ccc(-c2cc3cc(N4CCS(=O)(=O)CC4)cc(NC4CCOCC4)c3[nH]2)cc1. The van der Waals surface area contributed by atoms with E-state index in [1.165, 1.54) is 6.92 Å². The number of amides is 1. The van der Waals surface area contributed by atoms with Crippen LogP contribution in [-0.4, -0.2) is 63.2 Å². The van der Waals surface area contributed by atoms with Gasteiger partial charge in [-0.2, -0.15) is 0 Å². The smallest absolute Gasteiger partial charge is 0.221 e. The van der Waals surface area contributed by atoms with Crippen LogP contribution in [0.15, 0.2) is 42.5 Å². The third kappa shape index (κ3) is 5.05. The molecule has 2 aliphatic rings. The molecule has 1 amide bonds. The number of aromatic nitrogens is 1. The van der Waals surface area contributed by atoms with Gasteiger partial charge in [-0.1, -0.05) is 12.1 Å². The van der Waals surface area contributed by atoms with Gasteiger partial charge in [-0.3, -0.25) is 4.79 Å². The van der Waals surface area contributed by atoms with E-state index < -0.39 is 9.84 Å². The molecule has 0 aliphatic carbocycles. The van der Waals surface area contributed by atoms with Crippen LogP contribution >= 0.6 is 0 Å². The van der Waals surface area contributed by atoms with E-state index in [4.69, 9.17) is 4.74 Å². The zero-order valence-corrected chi connectivity index (χ0v) is 20.1. The number of aromatic amines is 1. The minimum Gasteiger partial charge on any atom is -0.381 e. The number of benzene rings is 2. The Kier molecular flexibility index (Phi) is 6.22. The molecule has 0 unspecified atom stereocenters. The number of nitrogens with one attached hydrogen (secondary N) is 3. The number of H-pyrrole nitrogens is 1. The molecule has 3 N–H and O–H groups in total. The molecule has 1 aromatic heterocycles. The summed E-state index contributed by atoms with van der Waals surface area (Å²) in [5.74, 6) is 0.278. The van der Waals surface area contributed by atoms with Crippen molar-refractivity contribution in [2.24, 2.45) is 0 Å². The molecule has 0 atom stereocenters. The van der Waals surface area contributed by atoms with E-state index in [9.17, 15) is 13.2 Å². The fourth-order valence-electron chi connectivity index (χ4n) is 4.65. The number of carbonyl (C=O) groups is 1. The Hall–Kier alpha value is -3.04. The van der Waals surface area contributed by atoms with Crippen molar-refractivity contribution in [1.82, 2.24) is 4.98 Å². The molecule has 3 heterocycles. The summed E-state index contributed by atoms with van der Waals surface area (Å²) >= 11 is 0. The Balaban J connectivity index is 1.50. The van der Waals surface area contributed by atoms with Crippen molar-refractivity contribution >= 4 is 43.7 Å². The summed E-state index contributed by atoms with van der Waals surface area (Å²) in [6.45, 7) is 4.01. The van der Waals surface area contributed by atoms with Gasteiger partial charge in [-0.05, 0) is 48.7 Å². The number of carbonyl (C=O) groups excluding carboxylic acids is 1. The van der Waals surface area contributed by atoms with Crippen LogP contribution in [0.3, 0.4) is 0 Å². The summed E-state index contributed by atoms with van der Waals surface area (Å²) in [6.07, 6.45) is 1.90. The largest absolute Gasteiger partial charge is 0.381 e. The molecule has 5 rings (SSSR count). The van der Waals surface area contributed by atoms with Gasteiger partial charge in [0.25, 0.3) is 0 Å². The number of rotatable bonds is 5. The number of sulfone groups is 1. The third-order valence-electron chi connectivity index (χ3n) is 6.52. The zero-order chi connectivity index (χ0) is 23.7. The van der Waals surface area contributed by atoms with Crippen molar-refractivity contribution in [3.05, 3.63) is 42.5 Å². The number of anilines is 3. The van der Waals surface area contributed by atoms with Gasteiger partial charge in [-0.15, -0.1) is 0 Å². The molecule has 9 heteroatoms. The topological polar surface area (TPSA) is 104 Å². The van der Waals surface area contributed by atoms with Gasteiger partial charge in [0.15, 0.2) is 9.84 Å². The van der Waals surface area contributed by atoms with Gasteiger partial charge >= 0.3 is 0 Å². The molecule has 0 radical (unpaired) electrons. The summed E-state index contributed by atoms with van der Waals surface area (Å²) < 4.78 is 29.4. The van der Waals surface area contributed by atoms with Gasteiger partial charge in [0.2, 0.25) is 5.91 Å². The van der Waals surface area contributed by atoms with Gasteiger partial charge in [0, 0.05) is 61.7 Å². The zero-order valence-electron chi connectivity index (χ0n) is 19.3. The summed E-state index contributed by atoms with van der Waals surface area (Å²) in [5.41, 5.74) is 5.85. The third-order valence-corrected chi connectivity index (χ3v) is 8.13. The lowest BCUT2D eigenvalue weighted by atomic mass is 10.1. The van der Waals surface area contributed by atoms with Crippen molar-refractivity contribution in [2.75, 3.05) is 53.3 Å². The predicted octanol–water partition coefficient (Wildman–Crippen LogP) is 3.62. The maximum atomic E-state index is 11.9. The van der Waals surface area contributed by atoms with Gasteiger partial charge in [0.1, 0.15) is 0 Å². The fraction of sp³-hybridized carbons (Fsp3) is 0.400. The Morgan fingerprint density at radius 2 is 1.76 bits per heavy atom. The molecule has 0 bridgehead atoms. The average Bonchev–Trinajstić information content (AvgIpc) is 3.24. The van der Waals surface area contributed by atoms with E-state index >= 15 is 0 Å². The van der Waals surface area contributed by atoms with Gasteiger partial charge in [0.05, 0.1) is 22.7 Å². The minimum absolute atomic E-state index is 0.0970. The lowest BCUT2D eigenvalue weighted by Gasteiger charge is -2.30. The van der Waals surface area contributed by atoms with Crippen LogP contribution in [0.1, 0.15) is 19.8 Å². The number of hydrogen-bond donors (Lipinski definition) is 3. The molecule has 180 valence electrons. The number of nitrogens with zero attached hydrogens (tertiary/aromatic N) is 1. The predicted molar refractivity (Wildman–Crippen MR) is 136 cm³/mol. The Labute approximate surface area is 199 Å². The average molecular weight is 483 g/mol. The van der Waals surface area contributed by atoms with Crippen molar-refractivity contribution in [1.29, 1.82) is 0 Å². The van der Waals surface area contributed by atoms with Crippen LogP contribution in [0, 0.1) is 0 Å². The van der Waals surface area contributed by atoms with Crippen molar-refractivity contribution in [2.45, 2.75) is 25.8 Å². The summed E-state index contributed by atoms with van der Waals surface area (Å²) in [5, 5.41) is 7.58. The van der Waals surface area contributed by atoms with Crippen molar-refractivity contribution in [3.8, 4) is 11.3 Å². The molecule has 2 fully saturated rings. The molecule has 2 aromatic carbocycles. The van der Waals surface area contributed by atoms with Crippen LogP contribution in [0.2, 0.25) is 0 Å². The maximum absolute atomic E-state index is 11.9. The molecule has 3 aromatic rings. The second-order valence-electron chi connectivity index (χ2n) is 9.07. The lowest BCUT2D eigenvalue weighted by Crippen LogP contribution is -2.40. The molecule has 0 saturated carbocycles. The normalized spacial score (nSPS) is 18.7. The van der Waals surface area contributed by atoms with E-state index in [1.807, 2.05) is 24.3 Å². The lowest BCUT2D eigenvalue weighted by molar-refractivity contribution is -0.114. The van der Waals surface area contributed by atoms with Gasteiger partial charge in [-0.25, -0.2) is 8.42 Å².